The van der Waals surface area contributed by atoms with Crippen LogP contribution in [0.1, 0.15) is 47.5 Å². The maximum atomic E-state index is 11.4. The molecular formula is C14H24O2. The fraction of sp³-hybridized carbons (Fsp3) is 0.643. The highest BCUT2D eigenvalue weighted by Gasteiger charge is 2.20. The average molecular weight is 224 g/mol. The molecule has 0 aromatic heterocycles. The van der Waals surface area contributed by atoms with Crippen LogP contribution in [0.15, 0.2) is 24.3 Å². The smallest absolute Gasteiger partial charge is 0.309 e. The SMILES string of the molecule is C/C=C/CC/C=C/C(C)(C)OC(=O)C(C)C. The van der Waals surface area contributed by atoms with Crippen molar-refractivity contribution in [3.63, 3.8) is 0 Å². The summed E-state index contributed by atoms with van der Waals surface area (Å²) in [7, 11) is 0. The van der Waals surface area contributed by atoms with Crippen LogP contribution in [-0.4, -0.2) is 11.6 Å². The molecular weight excluding hydrogens is 200 g/mol. The quantitative estimate of drug-likeness (QED) is 0.389. The van der Waals surface area contributed by atoms with E-state index >= 15 is 0 Å². The lowest BCUT2D eigenvalue weighted by Crippen LogP contribution is -2.27. The Kier molecular flexibility index (Phi) is 6.78. The van der Waals surface area contributed by atoms with E-state index in [1.165, 1.54) is 0 Å². The Labute approximate surface area is 99.4 Å². The number of hydrogen-bond donors (Lipinski definition) is 0. The predicted octanol–water partition coefficient (Wildman–Crippen LogP) is 3.88. The lowest BCUT2D eigenvalue weighted by Gasteiger charge is -2.22. The number of unbranched alkanes of at least 4 members (excludes halogenated alkanes) is 1. The molecule has 0 fully saturated rings. The van der Waals surface area contributed by atoms with Gasteiger partial charge >= 0.3 is 5.97 Å². The van der Waals surface area contributed by atoms with Crippen LogP contribution in [-0.2, 0) is 9.53 Å². The summed E-state index contributed by atoms with van der Waals surface area (Å²) in [6, 6.07) is 0. The van der Waals surface area contributed by atoms with Gasteiger partial charge in [-0.2, -0.15) is 0 Å². The molecule has 0 radical (unpaired) electrons. The molecule has 0 rings (SSSR count). The number of esters is 1. The summed E-state index contributed by atoms with van der Waals surface area (Å²) in [6.45, 7) is 9.50. The van der Waals surface area contributed by atoms with E-state index < -0.39 is 5.60 Å². The zero-order chi connectivity index (χ0) is 12.6. The lowest BCUT2D eigenvalue weighted by atomic mass is 10.1. The summed E-state index contributed by atoms with van der Waals surface area (Å²) in [4.78, 5) is 11.4. The van der Waals surface area contributed by atoms with Crippen molar-refractivity contribution < 1.29 is 9.53 Å². The molecule has 2 heteroatoms. The maximum absolute atomic E-state index is 11.4. The second kappa shape index (κ2) is 7.26. The van der Waals surface area contributed by atoms with E-state index in [-0.39, 0.29) is 11.9 Å². The molecule has 0 N–H and O–H groups in total. The van der Waals surface area contributed by atoms with Crippen LogP contribution in [0.4, 0.5) is 0 Å². The molecule has 0 saturated carbocycles. The van der Waals surface area contributed by atoms with Gasteiger partial charge in [0, 0.05) is 0 Å². The Bertz CT molecular complexity index is 260. The lowest BCUT2D eigenvalue weighted by molar-refractivity contribution is -0.156. The van der Waals surface area contributed by atoms with Gasteiger partial charge in [-0.3, -0.25) is 4.79 Å². The first-order chi connectivity index (χ1) is 7.39. The normalized spacial score (nSPS) is 12.9. The number of hydrogen-bond acceptors (Lipinski definition) is 2. The van der Waals surface area contributed by atoms with Gasteiger partial charge in [-0.15, -0.1) is 0 Å². The predicted molar refractivity (Wildman–Crippen MR) is 68.2 cm³/mol. The van der Waals surface area contributed by atoms with Crippen LogP contribution in [0, 0.1) is 5.92 Å². The Morgan fingerprint density at radius 2 is 1.81 bits per heavy atom. The van der Waals surface area contributed by atoms with Crippen LogP contribution < -0.4 is 0 Å². The molecule has 0 saturated heterocycles. The summed E-state index contributed by atoms with van der Waals surface area (Å²) < 4.78 is 5.36. The van der Waals surface area contributed by atoms with Crippen molar-refractivity contribution in [2.45, 2.75) is 53.1 Å². The van der Waals surface area contributed by atoms with Gasteiger partial charge in [0.1, 0.15) is 5.60 Å². The van der Waals surface area contributed by atoms with E-state index in [0.717, 1.165) is 12.8 Å². The highest BCUT2D eigenvalue weighted by Crippen LogP contribution is 2.14. The molecule has 0 bridgehead atoms. The summed E-state index contributed by atoms with van der Waals surface area (Å²) in [5, 5.41) is 0. The number of ether oxygens (including phenoxy) is 1. The van der Waals surface area contributed by atoms with Gasteiger partial charge in [0.15, 0.2) is 0 Å². The molecule has 0 amide bonds. The van der Waals surface area contributed by atoms with Gasteiger partial charge in [-0.1, -0.05) is 32.1 Å². The van der Waals surface area contributed by atoms with Crippen molar-refractivity contribution in [3.05, 3.63) is 24.3 Å². The summed E-state index contributed by atoms with van der Waals surface area (Å²) in [5.74, 6) is -0.223. The number of rotatable bonds is 6. The fourth-order valence-electron chi connectivity index (χ4n) is 1.14. The molecule has 92 valence electrons. The van der Waals surface area contributed by atoms with Crippen LogP contribution in [0.5, 0.6) is 0 Å². The Morgan fingerprint density at radius 1 is 1.25 bits per heavy atom. The monoisotopic (exact) mass is 224 g/mol. The minimum absolute atomic E-state index is 0.0734. The number of carbonyl (C=O) groups is 1. The first-order valence-electron chi connectivity index (χ1n) is 5.90. The minimum atomic E-state index is -0.503. The average Bonchev–Trinajstić information content (AvgIpc) is 2.16. The largest absolute Gasteiger partial charge is 0.455 e. The van der Waals surface area contributed by atoms with E-state index in [0.29, 0.717) is 0 Å². The Hall–Kier alpha value is -1.05. The molecule has 0 aliphatic rings. The van der Waals surface area contributed by atoms with Gasteiger partial charge in [0.2, 0.25) is 0 Å². The topological polar surface area (TPSA) is 26.3 Å². The molecule has 0 aliphatic carbocycles. The zero-order valence-electron chi connectivity index (χ0n) is 11.1. The second-order valence-corrected chi connectivity index (χ2v) is 4.73. The van der Waals surface area contributed by atoms with Crippen molar-refractivity contribution in [1.29, 1.82) is 0 Å². The van der Waals surface area contributed by atoms with E-state index in [2.05, 4.69) is 12.2 Å². The molecule has 2 nitrogen and oxygen atoms in total. The molecule has 0 aromatic carbocycles. The minimum Gasteiger partial charge on any atom is -0.455 e. The maximum Gasteiger partial charge on any atom is 0.309 e. The molecule has 0 aliphatic heterocycles. The second-order valence-electron chi connectivity index (χ2n) is 4.73. The van der Waals surface area contributed by atoms with E-state index in [1.54, 1.807) is 0 Å². The van der Waals surface area contributed by atoms with Crippen LogP contribution in [0.2, 0.25) is 0 Å². The molecule has 0 unspecified atom stereocenters. The van der Waals surface area contributed by atoms with Gasteiger partial charge < -0.3 is 4.74 Å². The zero-order valence-corrected chi connectivity index (χ0v) is 11.1. The first-order valence-corrected chi connectivity index (χ1v) is 5.90. The van der Waals surface area contributed by atoms with E-state index in [1.807, 2.05) is 46.8 Å². The highest BCUT2D eigenvalue weighted by molar-refractivity contribution is 5.72. The molecule has 0 heterocycles. The summed E-state index contributed by atoms with van der Waals surface area (Å²) in [5.41, 5.74) is -0.503. The summed E-state index contributed by atoms with van der Waals surface area (Å²) in [6.07, 6.45) is 10.2. The van der Waals surface area contributed by atoms with Gasteiger partial charge in [-0.25, -0.2) is 0 Å². The molecule has 0 atom stereocenters. The number of allylic oxidation sites excluding steroid dienone is 3. The standard InChI is InChI=1S/C14H24O2/c1-6-7-8-9-10-11-14(4,5)16-13(15)12(2)3/h6-7,10-12H,8-9H2,1-5H3/b7-6+,11-10+. The Morgan fingerprint density at radius 3 is 2.31 bits per heavy atom. The fourth-order valence-corrected chi connectivity index (χ4v) is 1.14. The van der Waals surface area contributed by atoms with Crippen LogP contribution in [0.25, 0.3) is 0 Å². The highest BCUT2D eigenvalue weighted by atomic mass is 16.6. The van der Waals surface area contributed by atoms with Crippen molar-refractivity contribution >= 4 is 5.97 Å². The van der Waals surface area contributed by atoms with Crippen molar-refractivity contribution in [2.75, 3.05) is 0 Å². The van der Waals surface area contributed by atoms with Gasteiger partial charge in [0.25, 0.3) is 0 Å². The Balaban J connectivity index is 4.08. The van der Waals surface area contributed by atoms with Gasteiger partial charge in [-0.05, 0) is 39.7 Å². The third kappa shape index (κ3) is 7.27. The van der Waals surface area contributed by atoms with E-state index in [4.69, 9.17) is 4.74 Å². The van der Waals surface area contributed by atoms with E-state index in [9.17, 15) is 4.79 Å². The van der Waals surface area contributed by atoms with Crippen molar-refractivity contribution in [2.24, 2.45) is 5.92 Å². The van der Waals surface area contributed by atoms with Crippen LogP contribution >= 0.6 is 0 Å². The van der Waals surface area contributed by atoms with Crippen molar-refractivity contribution in [3.8, 4) is 0 Å². The van der Waals surface area contributed by atoms with Gasteiger partial charge in [0.05, 0.1) is 5.92 Å². The molecule has 0 aromatic rings. The molecule has 16 heavy (non-hydrogen) atoms. The molecule has 0 spiro atoms. The summed E-state index contributed by atoms with van der Waals surface area (Å²) >= 11 is 0. The van der Waals surface area contributed by atoms with Crippen molar-refractivity contribution in [1.82, 2.24) is 0 Å². The van der Waals surface area contributed by atoms with Crippen LogP contribution in [0.3, 0.4) is 0 Å². The third-order valence-electron chi connectivity index (χ3n) is 2.09. The third-order valence-corrected chi connectivity index (χ3v) is 2.09. The number of carbonyl (C=O) groups excluding carboxylic acids is 1. The first kappa shape index (κ1) is 14.9.